The number of benzene rings is 2. The minimum absolute atomic E-state index is 0.121. The Morgan fingerprint density at radius 1 is 0.781 bits per heavy atom. The SMILES string of the molecule is COc1ccc(C(=O)NC(C(=O)NC(C)c2cc(OC)c(OC)c(OC)c2)C(C)C)cc1. The molecule has 0 aliphatic heterocycles. The molecule has 2 N–H and O–H groups in total. The van der Waals surface area contributed by atoms with Crippen LogP contribution in [0, 0.1) is 5.92 Å². The van der Waals surface area contributed by atoms with Crippen molar-refractivity contribution in [1.82, 2.24) is 10.6 Å². The summed E-state index contributed by atoms with van der Waals surface area (Å²) >= 11 is 0. The van der Waals surface area contributed by atoms with Gasteiger partial charge in [0, 0.05) is 5.56 Å². The zero-order valence-corrected chi connectivity index (χ0v) is 19.6. The van der Waals surface area contributed by atoms with Gasteiger partial charge < -0.3 is 29.6 Å². The van der Waals surface area contributed by atoms with Crippen LogP contribution in [0.25, 0.3) is 0 Å². The van der Waals surface area contributed by atoms with Crippen LogP contribution in [0.15, 0.2) is 36.4 Å². The lowest BCUT2D eigenvalue weighted by Crippen LogP contribution is -2.50. The average molecular weight is 445 g/mol. The Hall–Kier alpha value is -3.42. The molecular formula is C24H32N2O6. The van der Waals surface area contributed by atoms with Crippen LogP contribution in [-0.2, 0) is 4.79 Å². The van der Waals surface area contributed by atoms with E-state index in [0.717, 1.165) is 5.56 Å². The van der Waals surface area contributed by atoms with E-state index in [1.54, 1.807) is 43.5 Å². The van der Waals surface area contributed by atoms with Gasteiger partial charge in [0.15, 0.2) is 11.5 Å². The monoisotopic (exact) mass is 444 g/mol. The van der Waals surface area contributed by atoms with Crippen LogP contribution in [0.2, 0.25) is 0 Å². The Morgan fingerprint density at radius 2 is 1.34 bits per heavy atom. The molecule has 0 aromatic heterocycles. The molecule has 0 fully saturated rings. The largest absolute Gasteiger partial charge is 0.497 e. The summed E-state index contributed by atoms with van der Waals surface area (Å²) in [6.45, 7) is 5.60. The van der Waals surface area contributed by atoms with Gasteiger partial charge in [0.25, 0.3) is 5.91 Å². The van der Waals surface area contributed by atoms with Crippen molar-refractivity contribution >= 4 is 11.8 Å². The van der Waals surface area contributed by atoms with Gasteiger partial charge in [-0.15, -0.1) is 0 Å². The van der Waals surface area contributed by atoms with Gasteiger partial charge >= 0.3 is 0 Å². The van der Waals surface area contributed by atoms with Gasteiger partial charge in [-0.05, 0) is 54.8 Å². The normalized spacial score (nSPS) is 12.5. The highest BCUT2D eigenvalue weighted by Crippen LogP contribution is 2.39. The number of ether oxygens (including phenoxy) is 4. The second-order valence-electron chi connectivity index (χ2n) is 7.61. The highest BCUT2D eigenvalue weighted by molar-refractivity contribution is 5.97. The third kappa shape index (κ3) is 5.84. The first-order chi connectivity index (χ1) is 15.2. The fraction of sp³-hybridized carbons (Fsp3) is 0.417. The molecule has 2 aromatic carbocycles. The summed E-state index contributed by atoms with van der Waals surface area (Å²) in [6, 6.07) is 9.20. The van der Waals surface area contributed by atoms with E-state index in [-0.39, 0.29) is 23.8 Å². The first kappa shape index (κ1) is 24.8. The van der Waals surface area contributed by atoms with Gasteiger partial charge in [-0.1, -0.05) is 13.8 Å². The average Bonchev–Trinajstić information content (AvgIpc) is 2.80. The number of hydrogen-bond donors (Lipinski definition) is 2. The van der Waals surface area contributed by atoms with E-state index < -0.39 is 6.04 Å². The van der Waals surface area contributed by atoms with Gasteiger partial charge in [-0.2, -0.15) is 0 Å². The van der Waals surface area contributed by atoms with E-state index >= 15 is 0 Å². The van der Waals surface area contributed by atoms with Gasteiger partial charge in [0.2, 0.25) is 11.7 Å². The maximum atomic E-state index is 13.0. The molecule has 0 bridgehead atoms. The molecule has 2 atom stereocenters. The molecule has 8 heteroatoms. The first-order valence-electron chi connectivity index (χ1n) is 10.3. The predicted octanol–water partition coefficient (Wildman–Crippen LogP) is 3.35. The molecule has 174 valence electrons. The zero-order valence-electron chi connectivity index (χ0n) is 19.6. The van der Waals surface area contributed by atoms with Crippen molar-refractivity contribution in [2.24, 2.45) is 5.92 Å². The van der Waals surface area contributed by atoms with Gasteiger partial charge in [0.05, 0.1) is 34.5 Å². The summed E-state index contributed by atoms with van der Waals surface area (Å²) in [7, 11) is 6.16. The maximum Gasteiger partial charge on any atom is 0.251 e. The molecule has 0 spiro atoms. The van der Waals surface area contributed by atoms with E-state index in [2.05, 4.69) is 10.6 Å². The third-order valence-electron chi connectivity index (χ3n) is 5.13. The second kappa shape index (κ2) is 11.3. The minimum Gasteiger partial charge on any atom is -0.497 e. The molecule has 2 amide bonds. The topological polar surface area (TPSA) is 95.1 Å². The van der Waals surface area contributed by atoms with E-state index in [9.17, 15) is 9.59 Å². The van der Waals surface area contributed by atoms with Crippen molar-refractivity contribution in [2.45, 2.75) is 32.9 Å². The Morgan fingerprint density at radius 3 is 1.78 bits per heavy atom. The van der Waals surface area contributed by atoms with Gasteiger partial charge in [0.1, 0.15) is 11.8 Å². The first-order valence-corrected chi connectivity index (χ1v) is 10.3. The van der Waals surface area contributed by atoms with E-state index in [1.807, 2.05) is 20.8 Å². The summed E-state index contributed by atoms with van der Waals surface area (Å²) < 4.78 is 21.3. The molecule has 0 aliphatic carbocycles. The zero-order chi connectivity index (χ0) is 23.8. The summed E-state index contributed by atoms with van der Waals surface area (Å²) in [5, 5.41) is 5.80. The summed E-state index contributed by atoms with van der Waals surface area (Å²) in [5.41, 5.74) is 1.22. The fourth-order valence-corrected chi connectivity index (χ4v) is 3.24. The lowest BCUT2D eigenvalue weighted by atomic mass is 10.0. The lowest BCUT2D eigenvalue weighted by Gasteiger charge is -2.25. The van der Waals surface area contributed by atoms with Crippen molar-refractivity contribution in [1.29, 1.82) is 0 Å². The van der Waals surface area contributed by atoms with Crippen LogP contribution in [0.3, 0.4) is 0 Å². The van der Waals surface area contributed by atoms with Crippen molar-refractivity contribution in [3.05, 3.63) is 47.5 Å². The second-order valence-corrected chi connectivity index (χ2v) is 7.61. The van der Waals surface area contributed by atoms with E-state index in [1.165, 1.54) is 21.3 Å². The molecular weight excluding hydrogens is 412 g/mol. The Bertz CT molecular complexity index is 902. The summed E-state index contributed by atoms with van der Waals surface area (Å²) in [5.74, 6) is 1.38. The molecule has 32 heavy (non-hydrogen) atoms. The van der Waals surface area contributed by atoms with E-state index in [0.29, 0.717) is 28.6 Å². The van der Waals surface area contributed by atoms with Gasteiger partial charge in [-0.3, -0.25) is 9.59 Å². The number of amides is 2. The van der Waals surface area contributed by atoms with Crippen LogP contribution in [-0.4, -0.2) is 46.3 Å². The van der Waals surface area contributed by atoms with Crippen LogP contribution in [0.1, 0.15) is 42.7 Å². The fourth-order valence-electron chi connectivity index (χ4n) is 3.24. The molecule has 0 saturated carbocycles. The van der Waals surface area contributed by atoms with Crippen molar-refractivity contribution in [3.8, 4) is 23.0 Å². The summed E-state index contributed by atoms with van der Waals surface area (Å²) in [6.07, 6.45) is 0. The molecule has 2 unspecified atom stereocenters. The van der Waals surface area contributed by atoms with Crippen molar-refractivity contribution in [3.63, 3.8) is 0 Å². The Labute approximate surface area is 189 Å². The smallest absolute Gasteiger partial charge is 0.251 e. The number of nitrogens with one attached hydrogen (secondary N) is 2. The number of carbonyl (C=O) groups excluding carboxylic acids is 2. The summed E-state index contributed by atoms with van der Waals surface area (Å²) in [4.78, 5) is 25.7. The van der Waals surface area contributed by atoms with Crippen LogP contribution < -0.4 is 29.6 Å². The van der Waals surface area contributed by atoms with Crippen molar-refractivity contribution in [2.75, 3.05) is 28.4 Å². The van der Waals surface area contributed by atoms with Gasteiger partial charge in [-0.25, -0.2) is 0 Å². The van der Waals surface area contributed by atoms with E-state index in [4.69, 9.17) is 18.9 Å². The van der Waals surface area contributed by atoms with Crippen LogP contribution in [0.4, 0.5) is 0 Å². The molecule has 2 rings (SSSR count). The lowest BCUT2D eigenvalue weighted by molar-refractivity contribution is -0.124. The molecule has 0 radical (unpaired) electrons. The molecule has 0 heterocycles. The molecule has 0 saturated heterocycles. The highest BCUT2D eigenvalue weighted by atomic mass is 16.5. The quantitative estimate of drug-likeness (QED) is 0.584. The third-order valence-corrected chi connectivity index (χ3v) is 5.13. The number of hydrogen-bond acceptors (Lipinski definition) is 6. The molecule has 0 aliphatic rings. The standard InChI is InChI=1S/C24H32N2O6/c1-14(2)21(26-23(27)16-8-10-18(29-4)11-9-16)24(28)25-15(3)17-12-19(30-5)22(32-7)20(13-17)31-6/h8-15,21H,1-7H3,(H,25,28)(H,26,27). The minimum atomic E-state index is -0.714. The number of rotatable bonds is 10. The number of carbonyl (C=O) groups is 2. The molecule has 2 aromatic rings. The maximum absolute atomic E-state index is 13.0. The molecule has 8 nitrogen and oxygen atoms in total. The van der Waals surface area contributed by atoms with Crippen molar-refractivity contribution < 1.29 is 28.5 Å². The number of methoxy groups -OCH3 is 4. The Kier molecular flexibility index (Phi) is 8.75. The predicted molar refractivity (Wildman–Crippen MR) is 122 cm³/mol. The Balaban J connectivity index is 2.17. The highest BCUT2D eigenvalue weighted by Gasteiger charge is 2.27. The van der Waals surface area contributed by atoms with Crippen LogP contribution in [0.5, 0.6) is 23.0 Å². The van der Waals surface area contributed by atoms with Crippen LogP contribution >= 0.6 is 0 Å².